The highest BCUT2D eigenvalue weighted by atomic mass is 16.5. The SMILES string of the molecule is CCCCNC(=O)C1CCCN(C(=O)c2cccnc2Oc2ccccc2)C1. The third kappa shape index (κ3) is 5.09. The average Bonchev–Trinajstić information content (AvgIpc) is 2.74. The highest BCUT2D eigenvalue weighted by molar-refractivity contribution is 5.96. The molecular weight excluding hydrogens is 354 g/mol. The number of carbonyl (C=O) groups is 2. The van der Waals surface area contributed by atoms with E-state index in [1.54, 1.807) is 23.2 Å². The van der Waals surface area contributed by atoms with Crippen LogP contribution in [-0.4, -0.2) is 41.3 Å². The number of rotatable bonds is 7. The Labute approximate surface area is 165 Å². The van der Waals surface area contributed by atoms with Crippen molar-refractivity contribution >= 4 is 11.8 Å². The molecule has 3 rings (SSSR count). The molecular formula is C22H27N3O3. The van der Waals surface area contributed by atoms with Crippen LogP contribution in [0.3, 0.4) is 0 Å². The summed E-state index contributed by atoms with van der Waals surface area (Å²) in [5.74, 6) is 0.642. The summed E-state index contributed by atoms with van der Waals surface area (Å²) in [6, 6.07) is 12.7. The summed E-state index contributed by atoms with van der Waals surface area (Å²) in [6.07, 6.45) is 5.24. The van der Waals surface area contributed by atoms with Crippen LogP contribution >= 0.6 is 0 Å². The normalized spacial score (nSPS) is 16.5. The second kappa shape index (κ2) is 9.88. The van der Waals surface area contributed by atoms with Crippen molar-refractivity contribution in [3.63, 3.8) is 0 Å². The van der Waals surface area contributed by atoms with Gasteiger partial charge in [-0.2, -0.15) is 0 Å². The number of hydrogen-bond acceptors (Lipinski definition) is 4. The molecule has 1 atom stereocenters. The molecule has 28 heavy (non-hydrogen) atoms. The van der Waals surface area contributed by atoms with Crippen molar-refractivity contribution in [2.75, 3.05) is 19.6 Å². The zero-order valence-electron chi connectivity index (χ0n) is 16.3. The van der Waals surface area contributed by atoms with E-state index in [2.05, 4.69) is 17.2 Å². The maximum Gasteiger partial charge on any atom is 0.259 e. The molecule has 1 N–H and O–H groups in total. The van der Waals surface area contributed by atoms with Gasteiger partial charge in [0.15, 0.2) is 0 Å². The highest BCUT2D eigenvalue weighted by Crippen LogP contribution is 2.26. The van der Waals surface area contributed by atoms with Crippen molar-refractivity contribution in [3.05, 3.63) is 54.2 Å². The van der Waals surface area contributed by atoms with Crippen molar-refractivity contribution in [3.8, 4) is 11.6 Å². The fourth-order valence-electron chi connectivity index (χ4n) is 3.31. The van der Waals surface area contributed by atoms with Gasteiger partial charge < -0.3 is 15.0 Å². The lowest BCUT2D eigenvalue weighted by atomic mass is 9.96. The fourth-order valence-corrected chi connectivity index (χ4v) is 3.31. The molecule has 1 unspecified atom stereocenters. The van der Waals surface area contributed by atoms with Crippen LogP contribution in [0.1, 0.15) is 43.0 Å². The van der Waals surface area contributed by atoms with Gasteiger partial charge in [-0.1, -0.05) is 31.5 Å². The van der Waals surface area contributed by atoms with E-state index in [4.69, 9.17) is 4.74 Å². The summed E-state index contributed by atoms with van der Waals surface area (Å²) < 4.78 is 5.82. The number of pyridine rings is 1. The summed E-state index contributed by atoms with van der Waals surface area (Å²) in [6.45, 7) is 3.85. The monoisotopic (exact) mass is 381 g/mol. The Hall–Kier alpha value is -2.89. The topological polar surface area (TPSA) is 71.5 Å². The average molecular weight is 381 g/mol. The predicted molar refractivity (Wildman–Crippen MR) is 107 cm³/mol. The molecule has 1 fully saturated rings. The molecule has 1 aromatic carbocycles. The van der Waals surface area contributed by atoms with Crippen LogP contribution in [0.15, 0.2) is 48.7 Å². The number of nitrogens with one attached hydrogen (secondary N) is 1. The Kier molecular flexibility index (Phi) is 7.00. The Bertz CT molecular complexity index is 795. The number of ether oxygens (including phenoxy) is 1. The van der Waals surface area contributed by atoms with Crippen LogP contribution in [0.2, 0.25) is 0 Å². The Morgan fingerprint density at radius 2 is 2.04 bits per heavy atom. The van der Waals surface area contributed by atoms with E-state index >= 15 is 0 Å². The molecule has 2 aromatic rings. The largest absolute Gasteiger partial charge is 0.438 e. The number of hydrogen-bond donors (Lipinski definition) is 1. The first-order valence-electron chi connectivity index (χ1n) is 9.94. The van der Waals surface area contributed by atoms with Crippen LogP contribution in [0.5, 0.6) is 11.6 Å². The maximum absolute atomic E-state index is 13.1. The van der Waals surface area contributed by atoms with Gasteiger partial charge in [0, 0.05) is 25.8 Å². The van der Waals surface area contributed by atoms with E-state index in [9.17, 15) is 9.59 Å². The zero-order chi connectivity index (χ0) is 19.8. The summed E-state index contributed by atoms with van der Waals surface area (Å²) >= 11 is 0. The molecule has 6 nitrogen and oxygen atoms in total. The number of para-hydroxylation sites is 1. The van der Waals surface area contributed by atoms with Gasteiger partial charge in [0.2, 0.25) is 11.8 Å². The van der Waals surface area contributed by atoms with E-state index in [0.717, 1.165) is 25.7 Å². The number of unbranched alkanes of at least 4 members (excludes halogenated alkanes) is 1. The fraction of sp³-hybridized carbons (Fsp3) is 0.409. The molecule has 2 amide bonds. The molecule has 0 radical (unpaired) electrons. The van der Waals surface area contributed by atoms with Gasteiger partial charge in [0.25, 0.3) is 5.91 Å². The van der Waals surface area contributed by atoms with Crippen LogP contribution in [0, 0.1) is 5.92 Å². The van der Waals surface area contributed by atoms with Crippen molar-refractivity contribution < 1.29 is 14.3 Å². The van der Waals surface area contributed by atoms with Crippen LogP contribution < -0.4 is 10.1 Å². The molecule has 0 aliphatic carbocycles. The molecule has 1 aliphatic rings. The number of piperidine rings is 1. The van der Waals surface area contributed by atoms with Crippen molar-refractivity contribution in [1.82, 2.24) is 15.2 Å². The van der Waals surface area contributed by atoms with E-state index in [1.165, 1.54) is 0 Å². The van der Waals surface area contributed by atoms with Gasteiger partial charge in [-0.15, -0.1) is 0 Å². The quantitative estimate of drug-likeness (QED) is 0.743. The molecule has 2 heterocycles. The smallest absolute Gasteiger partial charge is 0.259 e. The first-order valence-corrected chi connectivity index (χ1v) is 9.94. The first kappa shape index (κ1) is 19.9. The summed E-state index contributed by atoms with van der Waals surface area (Å²) in [5.41, 5.74) is 0.415. The Morgan fingerprint density at radius 3 is 2.82 bits per heavy atom. The molecule has 0 bridgehead atoms. The third-order valence-corrected chi connectivity index (χ3v) is 4.87. The van der Waals surface area contributed by atoms with E-state index < -0.39 is 0 Å². The molecule has 1 saturated heterocycles. The minimum Gasteiger partial charge on any atom is -0.438 e. The minimum atomic E-state index is -0.162. The first-order chi connectivity index (χ1) is 13.7. The van der Waals surface area contributed by atoms with Gasteiger partial charge in [-0.05, 0) is 43.5 Å². The molecule has 0 saturated carbocycles. The lowest BCUT2D eigenvalue weighted by Crippen LogP contribution is -2.45. The highest BCUT2D eigenvalue weighted by Gasteiger charge is 2.30. The van der Waals surface area contributed by atoms with Gasteiger partial charge >= 0.3 is 0 Å². The van der Waals surface area contributed by atoms with Crippen LogP contribution in [-0.2, 0) is 4.79 Å². The summed E-state index contributed by atoms with van der Waals surface area (Å²) in [4.78, 5) is 31.5. The van der Waals surface area contributed by atoms with Gasteiger partial charge in [0.05, 0.1) is 5.92 Å². The van der Waals surface area contributed by atoms with Gasteiger partial charge in [-0.25, -0.2) is 4.98 Å². The van der Waals surface area contributed by atoms with Crippen molar-refractivity contribution in [2.45, 2.75) is 32.6 Å². The Morgan fingerprint density at radius 1 is 1.21 bits per heavy atom. The zero-order valence-corrected chi connectivity index (χ0v) is 16.3. The maximum atomic E-state index is 13.1. The number of nitrogens with zero attached hydrogens (tertiary/aromatic N) is 2. The molecule has 1 aromatic heterocycles. The second-order valence-corrected chi connectivity index (χ2v) is 7.01. The van der Waals surface area contributed by atoms with Crippen molar-refractivity contribution in [1.29, 1.82) is 0 Å². The number of likely N-dealkylation sites (tertiary alicyclic amines) is 1. The summed E-state index contributed by atoms with van der Waals surface area (Å²) in [5, 5.41) is 2.98. The Balaban J connectivity index is 1.69. The lowest BCUT2D eigenvalue weighted by Gasteiger charge is -2.32. The van der Waals surface area contributed by atoms with E-state index in [0.29, 0.717) is 30.9 Å². The number of amides is 2. The van der Waals surface area contributed by atoms with E-state index in [1.807, 2.05) is 30.3 Å². The second-order valence-electron chi connectivity index (χ2n) is 7.01. The molecule has 148 valence electrons. The van der Waals surface area contributed by atoms with Crippen LogP contribution in [0.4, 0.5) is 0 Å². The summed E-state index contributed by atoms with van der Waals surface area (Å²) in [7, 11) is 0. The van der Waals surface area contributed by atoms with Gasteiger partial charge in [0.1, 0.15) is 11.3 Å². The molecule has 6 heteroatoms. The lowest BCUT2D eigenvalue weighted by molar-refractivity contribution is -0.126. The number of carbonyl (C=O) groups excluding carboxylic acids is 2. The number of benzene rings is 1. The van der Waals surface area contributed by atoms with E-state index in [-0.39, 0.29) is 23.6 Å². The predicted octanol–water partition coefficient (Wildman–Crippen LogP) is 3.64. The third-order valence-electron chi connectivity index (χ3n) is 4.87. The molecule has 1 aliphatic heterocycles. The van der Waals surface area contributed by atoms with Crippen molar-refractivity contribution in [2.24, 2.45) is 5.92 Å². The number of aromatic nitrogens is 1. The van der Waals surface area contributed by atoms with Gasteiger partial charge in [-0.3, -0.25) is 9.59 Å². The standard InChI is InChI=1S/C22H27N3O3/c1-2-3-13-23-20(26)17-9-8-15-25(16-17)22(27)19-12-7-14-24-21(19)28-18-10-5-4-6-11-18/h4-7,10-12,14,17H,2-3,8-9,13,15-16H2,1H3,(H,23,26). The molecule has 0 spiro atoms. The minimum absolute atomic E-state index is 0.0397. The van der Waals surface area contributed by atoms with Crippen LogP contribution in [0.25, 0.3) is 0 Å².